The summed E-state index contributed by atoms with van der Waals surface area (Å²) in [5.74, 6) is 0.480. The number of ether oxygens (including phenoxy) is 1. The first-order chi connectivity index (χ1) is 7.79. The highest BCUT2D eigenvalue weighted by atomic mass is 16.5. The molecular weight excluding hydrogens is 202 g/mol. The summed E-state index contributed by atoms with van der Waals surface area (Å²) < 4.78 is 5.04. The van der Waals surface area contributed by atoms with E-state index in [2.05, 4.69) is 5.32 Å². The molecule has 1 fully saturated rings. The number of carbonyl (C=O) groups is 1. The molecule has 3 heteroatoms. The van der Waals surface area contributed by atoms with Gasteiger partial charge in [0.25, 0.3) is 0 Å². The predicted molar refractivity (Wildman–Crippen MR) is 61.7 cm³/mol. The Morgan fingerprint density at radius 1 is 1.31 bits per heavy atom. The summed E-state index contributed by atoms with van der Waals surface area (Å²) in [5.41, 5.74) is 2.29. The maximum absolute atomic E-state index is 11.4. The Hall–Kier alpha value is -1.35. The van der Waals surface area contributed by atoms with Gasteiger partial charge in [-0.1, -0.05) is 24.3 Å². The van der Waals surface area contributed by atoms with Crippen LogP contribution in [0.15, 0.2) is 24.3 Å². The van der Waals surface area contributed by atoms with Crippen molar-refractivity contribution in [2.24, 2.45) is 5.92 Å². The van der Waals surface area contributed by atoms with Gasteiger partial charge >= 0.3 is 0 Å². The van der Waals surface area contributed by atoms with Crippen molar-refractivity contribution in [2.75, 3.05) is 7.11 Å². The molecule has 0 heterocycles. The lowest BCUT2D eigenvalue weighted by atomic mass is 10.1. The van der Waals surface area contributed by atoms with Crippen LogP contribution in [-0.4, -0.2) is 13.0 Å². The molecule has 0 saturated heterocycles. The molecule has 3 nitrogen and oxygen atoms in total. The zero-order chi connectivity index (χ0) is 11.4. The third kappa shape index (κ3) is 3.07. The summed E-state index contributed by atoms with van der Waals surface area (Å²) >= 11 is 0. The van der Waals surface area contributed by atoms with Crippen molar-refractivity contribution in [3.05, 3.63) is 35.4 Å². The number of amides is 1. The van der Waals surface area contributed by atoms with Crippen molar-refractivity contribution in [3.8, 4) is 0 Å². The summed E-state index contributed by atoms with van der Waals surface area (Å²) in [7, 11) is 1.68. The number of hydrogen-bond donors (Lipinski definition) is 1. The molecule has 1 aliphatic rings. The second-order valence-corrected chi connectivity index (χ2v) is 4.24. The van der Waals surface area contributed by atoms with Crippen LogP contribution in [0.2, 0.25) is 0 Å². The number of benzene rings is 1. The molecule has 0 atom stereocenters. The number of hydrogen-bond acceptors (Lipinski definition) is 2. The Kier molecular flexibility index (Phi) is 3.57. The van der Waals surface area contributed by atoms with Gasteiger partial charge in [-0.05, 0) is 24.0 Å². The average molecular weight is 219 g/mol. The summed E-state index contributed by atoms with van der Waals surface area (Å²) in [6, 6.07) is 8.12. The molecule has 0 bridgehead atoms. The molecule has 86 valence electrons. The van der Waals surface area contributed by atoms with Crippen LogP contribution < -0.4 is 5.32 Å². The van der Waals surface area contributed by atoms with Gasteiger partial charge in [0.05, 0.1) is 6.61 Å². The lowest BCUT2D eigenvalue weighted by Gasteiger charge is -2.05. The molecule has 2 rings (SSSR count). The monoisotopic (exact) mass is 219 g/mol. The predicted octanol–water partition coefficient (Wildman–Crippen LogP) is 1.86. The third-order valence-corrected chi connectivity index (χ3v) is 2.75. The van der Waals surface area contributed by atoms with Crippen molar-refractivity contribution in [1.29, 1.82) is 0 Å². The van der Waals surface area contributed by atoms with E-state index in [4.69, 9.17) is 4.74 Å². The van der Waals surface area contributed by atoms with E-state index < -0.39 is 0 Å². The fourth-order valence-electron chi connectivity index (χ4n) is 1.60. The first kappa shape index (κ1) is 11.1. The summed E-state index contributed by atoms with van der Waals surface area (Å²) in [4.78, 5) is 11.4. The first-order valence-corrected chi connectivity index (χ1v) is 5.64. The lowest BCUT2D eigenvalue weighted by Crippen LogP contribution is -2.24. The number of rotatable bonds is 5. The smallest absolute Gasteiger partial charge is 0.223 e. The van der Waals surface area contributed by atoms with Gasteiger partial charge in [0.15, 0.2) is 0 Å². The second-order valence-electron chi connectivity index (χ2n) is 4.24. The van der Waals surface area contributed by atoms with E-state index in [1.54, 1.807) is 7.11 Å². The second kappa shape index (κ2) is 5.12. The van der Waals surface area contributed by atoms with E-state index in [1.807, 2.05) is 24.3 Å². The van der Waals surface area contributed by atoms with Crippen LogP contribution in [0.5, 0.6) is 0 Å². The van der Waals surface area contributed by atoms with E-state index in [0.717, 1.165) is 24.0 Å². The Bertz CT molecular complexity index is 355. The van der Waals surface area contributed by atoms with Gasteiger partial charge in [0, 0.05) is 19.6 Å². The highest BCUT2D eigenvalue weighted by molar-refractivity contribution is 5.80. The molecule has 1 aliphatic carbocycles. The zero-order valence-corrected chi connectivity index (χ0v) is 9.53. The molecular formula is C13H17NO2. The Morgan fingerprint density at radius 3 is 2.50 bits per heavy atom. The molecule has 1 amide bonds. The molecule has 1 aromatic carbocycles. The minimum Gasteiger partial charge on any atom is -0.380 e. The minimum absolute atomic E-state index is 0.195. The van der Waals surface area contributed by atoms with Crippen molar-refractivity contribution >= 4 is 5.91 Å². The number of methoxy groups -OCH3 is 1. The normalized spacial score (nSPS) is 14.8. The van der Waals surface area contributed by atoms with Gasteiger partial charge in [0.1, 0.15) is 0 Å². The number of nitrogens with one attached hydrogen (secondary N) is 1. The van der Waals surface area contributed by atoms with Gasteiger partial charge in [-0.25, -0.2) is 0 Å². The van der Waals surface area contributed by atoms with E-state index in [9.17, 15) is 4.79 Å². The lowest BCUT2D eigenvalue weighted by molar-refractivity contribution is -0.122. The van der Waals surface area contributed by atoms with Gasteiger partial charge in [-0.2, -0.15) is 0 Å². The van der Waals surface area contributed by atoms with Crippen molar-refractivity contribution in [3.63, 3.8) is 0 Å². The molecule has 0 radical (unpaired) electrons. The summed E-state index contributed by atoms with van der Waals surface area (Å²) in [6.45, 7) is 1.26. The summed E-state index contributed by atoms with van der Waals surface area (Å²) in [6.07, 6.45) is 2.11. The van der Waals surface area contributed by atoms with Gasteiger partial charge in [0.2, 0.25) is 5.91 Å². The van der Waals surface area contributed by atoms with Crippen LogP contribution in [0.4, 0.5) is 0 Å². The molecule has 0 spiro atoms. The standard InChI is InChI=1S/C13H17NO2/c1-16-9-11-4-2-10(3-5-11)8-14-13(15)12-6-7-12/h2-5,12H,6-9H2,1H3,(H,14,15). The van der Waals surface area contributed by atoms with Crippen molar-refractivity contribution in [1.82, 2.24) is 5.32 Å². The van der Waals surface area contributed by atoms with E-state index >= 15 is 0 Å². The van der Waals surface area contributed by atoms with Gasteiger partial charge in [-0.15, -0.1) is 0 Å². The molecule has 1 N–H and O–H groups in total. The maximum Gasteiger partial charge on any atom is 0.223 e. The largest absolute Gasteiger partial charge is 0.380 e. The van der Waals surface area contributed by atoms with Crippen molar-refractivity contribution < 1.29 is 9.53 Å². The molecule has 1 saturated carbocycles. The minimum atomic E-state index is 0.195. The highest BCUT2D eigenvalue weighted by Crippen LogP contribution is 2.28. The van der Waals surface area contributed by atoms with Crippen LogP contribution in [0.1, 0.15) is 24.0 Å². The van der Waals surface area contributed by atoms with E-state index in [-0.39, 0.29) is 11.8 Å². The fourth-order valence-corrected chi connectivity index (χ4v) is 1.60. The first-order valence-electron chi connectivity index (χ1n) is 5.64. The van der Waals surface area contributed by atoms with Crippen LogP contribution >= 0.6 is 0 Å². The Labute approximate surface area is 95.8 Å². The van der Waals surface area contributed by atoms with Gasteiger partial charge in [-0.3, -0.25) is 4.79 Å². The van der Waals surface area contributed by atoms with Gasteiger partial charge < -0.3 is 10.1 Å². The quantitative estimate of drug-likeness (QED) is 0.821. The molecule has 1 aromatic rings. The highest BCUT2D eigenvalue weighted by Gasteiger charge is 2.29. The molecule has 16 heavy (non-hydrogen) atoms. The fraction of sp³-hybridized carbons (Fsp3) is 0.462. The molecule has 0 aliphatic heterocycles. The third-order valence-electron chi connectivity index (χ3n) is 2.75. The van der Waals surface area contributed by atoms with E-state index in [1.165, 1.54) is 0 Å². The van der Waals surface area contributed by atoms with Crippen LogP contribution in [0.3, 0.4) is 0 Å². The van der Waals surface area contributed by atoms with Crippen LogP contribution in [0.25, 0.3) is 0 Å². The zero-order valence-electron chi connectivity index (χ0n) is 9.53. The number of carbonyl (C=O) groups excluding carboxylic acids is 1. The van der Waals surface area contributed by atoms with Crippen molar-refractivity contribution in [2.45, 2.75) is 26.0 Å². The van der Waals surface area contributed by atoms with Crippen LogP contribution in [-0.2, 0) is 22.7 Å². The summed E-state index contributed by atoms with van der Waals surface area (Å²) in [5, 5.41) is 2.94. The Balaban J connectivity index is 1.82. The topological polar surface area (TPSA) is 38.3 Å². The Morgan fingerprint density at radius 2 is 1.94 bits per heavy atom. The maximum atomic E-state index is 11.4. The average Bonchev–Trinajstić information content (AvgIpc) is 3.12. The SMILES string of the molecule is COCc1ccc(CNC(=O)C2CC2)cc1. The van der Waals surface area contributed by atoms with Crippen LogP contribution in [0, 0.1) is 5.92 Å². The molecule has 0 unspecified atom stereocenters. The molecule has 0 aromatic heterocycles. The van der Waals surface area contributed by atoms with E-state index in [0.29, 0.717) is 13.2 Å².